The normalized spacial score (nSPS) is 17.0. The maximum Gasteiger partial charge on any atom is 0.242 e. The fourth-order valence-corrected chi connectivity index (χ4v) is 2.72. The smallest absolute Gasteiger partial charge is 0.242 e. The third-order valence-electron chi connectivity index (χ3n) is 4.10. The minimum atomic E-state index is 0.0852. The number of hydrogen-bond donors (Lipinski definition) is 2. The van der Waals surface area contributed by atoms with E-state index in [-0.39, 0.29) is 18.4 Å². The first-order chi connectivity index (χ1) is 12.0. The predicted molar refractivity (Wildman–Crippen MR) is 101 cm³/mol. The number of hydrogen-bond acceptors (Lipinski definition) is 3. The van der Waals surface area contributed by atoms with Crippen LogP contribution in [0.2, 0.25) is 5.02 Å². The van der Waals surface area contributed by atoms with Crippen LogP contribution in [-0.2, 0) is 11.3 Å². The zero-order valence-electron chi connectivity index (χ0n) is 14.9. The zero-order valence-corrected chi connectivity index (χ0v) is 15.7. The molecule has 1 saturated heterocycles. The number of nitrogens with zero attached hydrogens (tertiary/aromatic N) is 3. The van der Waals surface area contributed by atoms with E-state index in [0.29, 0.717) is 31.2 Å². The summed E-state index contributed by atoms with van der Waals surface area (Å²) in [7, 11) is 0. The van der Waals surface area contributed by atoms with Crippen molar-refractivity contribution in [2.45, 2.75) is 20.4 Å². The summed E-state index contributed by atoms with van der Waals surface area (Å²) in [4.78, 5) is 20.9. The van der Waals surface area contributed by atoms with Gasteiger partial charge < -0.3 is 20.2 Å². The maximum atomic E-state index is 12.5. The monoisotopic (exact) mass is 366 g/mol. The van der Waals surface area contributed by atoms with Crippen molar-refractivity contribution >= 4 is 23.5 Å². The van der Waals surface area contributed by atoms with Crippen molar-refractivity contribution < 1.29 is 9.90 Å². The zero-order chi connectivity index (χ0) is 18.2. The minimum Gasteiger partial charge on any atom is -0.396 e. The minimum absolute atomic E-state index is 0.0852. The Morgan fingerprint density at radius 1 is 1.36 bits per heavy atom. The third kappa shape index (κ3) is 5.90. The van der Waals surface area contributed by atoms with Crippen LogP contribution in [-0.4, -0.2) is 66.1 Å². The Labute approximate surface area is 154 Å². The number of amides is 1. The van der Waals surface area contributed by atoms with Crippen molar-refractivity contribution in [3.63, 3.8) is 0 Å². The lowest BCUT2D eigenvalue weighted by atomic mass is 10.2. The van der Waals surface area contributed by atoms with Gasteiger partial charge >= 0.3 is 0 Å². The Morgan fingerprint density at radius 3 is 2.68 bits per heavy atom. The van der Waals surface area contributed by atoms with Crippen molar-refractivity contribution in [1.82, 2.24) is 15.1 Å². The molecular formula is C18H27ClN4O2. The molecule has 1 aliphatic rings. The summed E-state index contributed by atoms with van der Waals surface area (Å²) in [6.07, 6.45) is 0. The van der Waals surface area contributed by atoms with Gasteiger partial charge in [-0.05, 0) is 30.5 Å². The van der Waals surface area contributed by atoms with Crippen LogP contribution >= 0.6 is 11.6 Å². The highest BCUT2D eigenvalue weighted by Gasteiger charge is 2.26. The number of guanidine groups is 1. The number of aliphatic hydroxyl groups excluding tert-OH is 1. The van der Waals surface area contributed by atoms with Crippen LogP contribution in [0.15, 0.2) is 29.3 Å². The fourth-order valence-electron chi connectivity index (χ4n) is 2.59. The molecule has 1 atom stereocenters. The second-order valence-electron chi connectivity index (χ2n) is 6.35. The van der Waals surface area contributed by atoms with E-state index in [1.54, 1.807) is 0 Å². The van der Waals surface area contributed by atoms with E-state index in [1.807, 2.05) is 47.9 Å². The summed E-state index contributed by atoms with van der Waals surface area (Å²) >= 11 is 5.91. The molecule has 25 heavy (non-hydrogen) atoms. The first kappa shape index (κ1) is 19.5. The summed E-state index contributed by atoms with van der Waals surface area (Å²) in [6, 6.07) is 7.58. The van der Waals surface area contributed by atoms with E-state index in [2.05, 4.69) is 10.3 Å². The Morgan fingerprint density at radius 2 is 2.08 bits per heavy atom. The third-order valence-corrected chi connectivity index (χ3v) is 4.36. The van der Waals surface area contributed by atoms with E-state index < -0.39 is 0 Å². The Kier molecular flexibility index (Phi) is 7.52. The summed E-state index contributed by atoms with van der Waals surface area (Å²) < 4.78 is 0. The number of aliphatic imine (C=N–C) groups is 1. The lowest BCUT2D eigenvalue weighted by Crippen LogP contribution is -2.55. The van der Waals surface area contributed by atoms with Crippen molar-refractivity contribution in [3.05, 3.63) is 34.9 Å². The van der Waals surface area contributed by atoms with Gasteiger partial charge in [-0.15, -0.1) is 0 Å². The topological polar surface area (TPSA) is 68.2 Å². The Hall–Kier alpha value is -1.79. The van der Waals surface area contributed by atoms with Gasteiger partial charge in [0.25, 0.3) is 0 Å². The SMILES string of the molecule is CCNC(=NCC(C)CO)N1CCN(Cc2ccc(Cl)cc2)C(=O)C1. The molecule has 1 aliphatic heterocycles. The van der Waals surface area contributed by atoms with Gasteiger partial charge in [-0.3, -0.25) is 9.79 Å². The van der Waals surface area contributed by atoms with E-state index in [1.165, 1.54) is 0 Å². The molecule has 1 aromatic rings. The molecule has 1 heterocycles. The summed E-state index contributed by atoms with van der Waals surface area (Å²) in [5, 5.41) is 13.1. The van der Waals surface area contributed by atoms with E-state index >= 15 is 0 Å². The highest BCUT2D eigenvalue weighted by atomic mass is 35.5. The fraction of sp³-hybridized carbons (Fsp3) is 0.556. The van der Waals surface area contributed by atoms with Gasteiger partial charge in [-0.2, -0.15) is 0 Å². The van der Waals surface area contributed by atoms with Crippen molar-refractivity contribution in [2.24, 2.45) is 10.9 Å². The Bertz CT molecular complexity index is 591. The van der Waals surface area contributed by atoms with Gasteiger partial charge in [0.05, 0.1) is 6.54 Å². The average molecular weight is 367 g/mol. The van der Waals surface area contributed by atoms with Crippen LogP contribution in [0.4, 0.5) is 0 Å². The molecule has 6 nitrogen and oxygen atoms in total. The van der Waals surface area contributed by atoms with Crippen molar-refractivity contribution in [1.29, 1.82) is 0 Å². The molecule has 7 heteroatoms. The van der Waals surface area contributed by atoms with E-state index in [9.17, 15) is 4.79 Å². The highest BCUT2D eigenvalue weighted by molar-refractivity contribution is 6.30. The number of carbonyl (C=O) groups is 1. The van der Waals surface area contributed by atoms with Crippen LogP contribution in [0.5, 0.6) is 0 Å². The van der Waals surface area contributed by atoms with Crippen LogP contribution in [0, 0.1) is 5.92 Å². The van der Waals surface area contributed by atoms with Crippen LogP contribution in [0.3, 0.4) is 0 Å². The number of carbonyl (C=O) groups excluding carboxylic acids is 1. The van der Waals surface area contributed by atoms with Crippen LogP contribution < -0.4 is 5.32 Å². The number of halogens is 1. The molecule has 2 N–H and O–H groups in total. The number of benzene rings is 1. The van der Waals surface area contributed by atoms with Crippen molar-refractivity contribution in [2.75, 3.05) is 39.3 Å². The number of rotatable bonds is 6. The second kappa shape index (κ2) is 9.63. The molecule has 1 amide bonds. The molecule has 1 unspecified atom stereocenters. The number of nitrogens with one attached hydrogen (secondary N) is 1. The molecule has 0 radical (unpaired) electrons. The summed E-state index contributed by atoms with van der Waals surface area (Å²) in [5.74, 6) is 0.930. The second-order valence-corrected chi connectivity index (χ2v) is 6.78. The molecule has 0 spiro atoms. The molecule has 138 valence electrons. The average Bonchev–Trinajstić information content (AvgIpc) is 2.61. The van der Waals surface area contributed by atoms with E-state index in [0.717, 1.165) is 24.6 Å². The Balaban J connectivity index is 1.96. The van der Waals surface area contributed by atoms with Gasteiger partial charge in [-0.25, -0.2) is 0 Å². The van der Waals surface area contributed by atoms with Gasteiger partial charge in [0, 0.05) is 44.4 Å². The molecule has 0 saturated carbocycles. The molecule has 0 bridgehead atoms. The van der Waals surface area contributed by atoms with Crippen molar-refractivity contribution in [3.8, 4) is 0 Å². The largest absolute Gasteiger partial charge is 0.396 e. The molecule has 2 rings (SSSR count). The standard InChI is InChI=1S/C18H27ClN4O2/c1-3-20-18(21-10-14(2)13-24)23-9-8-22(17(25)12-23)11-15-4-6-16(19)7-5-15/h4-7,14,24H,3,8-13H2,1-2H3,(H,20,21). The maximum absolute atomic E-state index is 12.5. The molecule has 1 fully saturated rings. The van der Waals surface area contributed by atoms with Crippen LogP contribution in [0.1, 0.15) is 19.4 Å². The summed E-state index contributed by atoms with van der Waals surface area (Å²) in [5.41, 5.74) is 1.07. The first-order valence-corrected chi connectivity index (χ1v) is 9.07. The van der Waals surface area contributed by atoms with E-state index in [4.69, 9.17) is 16.7 Å². The lowest BCUT2D eigenvalue weighted by Gasteiger charge is -2.36. The predicted octanol–water partition coefficient (Wildman–Crippen LogP) is 1.58. The van der Waals surface area contributed by atoms with Crippen LogP contribution in [0.25, 0.3) is 0 Å². The number of piperazine rings is 1. The lowest BCUT2D eigenvalue weighted by molar-refractivity contribution is -0.135. The van der Waals surface area contributed by atoms with Gasteiger partial charge in [0.15, 0.2) is 5.96 Å². The quantitative estimate of drug-likeness (QED) is 0.592. The molecule has 0 aliphatic carbocycles. The molecular weight excluding hydrogens is 340 g/mol. The molecule has 1 aromatic carbocycles. The van der Waals surface area contributed by atoms with Gasteiger partial charge in [0.2, 0.25) is 5.91 Å². The first-order valence-electron chi connectivity index (χ1n) is 8.69. The molecule has 0 aromatic heterocycles. The van der Waals surface area contributed by atoms with Gasteiger partial charge in [-0.1, -0.05) is 30.7 Å². The van der Waals surface area contributed by atoms with Gasteiger partial charge in [0.1, 0.15) is 0 Å². The number of aliphatic hydroxyl groups is 1. The summed E-state index contributed by atoms with van der Waals surface area (Å²) in [6.45, 7) is 7.64. The highest BCUT2D eigenvalue weighted by Crippen LogP contribution is 2.13.